The smallest absolute Gasteiger partial charge is 0.262 e. The summed E-state index contributed by atoms with van der Waals surface area (Å²) in [5, 5.41) is 1.85. The van der Waals surface area contributed by atoms with Crippen molar-refractivity contribution in [2.45, 2.75) is 0 Å². The molecule has 1 aliphatic rings. The van der Waals surface area contributed by atoms with Crippen LogP contribution in [0.4, 0.5) is 23.4 Å². The summed E-state index contributed by atoms with van der Waals surface area (Å²) in [6, 6.07) is 0.643. The molecule has 3 rings (SSSR count). The minimum absolute atomic E-state index is 0.0259. The van der Waals surface area contributed by atoms with Crippen LogP contribution >= 0.6 is 0 Å². The van der Waals surface area contributed by atoms with Gasteiger partial charge in [-0.1, -0.05) is 0 Å². The van der Waals surface area contributed by atoms with Crippen molar-refractivity contribution in [1.29, 1.82) is 0 Å². The Balaban J connectivity index is 2.43. The molecule has 2 aromatic rings. The van der Waals surface area contributed by atoms with E-state index in [4.69, 9.17) is 5.73 Å². The first-order valence-corrected chi connectivity index (χ1v) is 5.98. The number of hydrogen-bond donors (Lipinski definition) is 2. The van der Waals surface area contributed by atoms with Crippen molar-refractivity contribution in [2.75, 3.05) is 5.73 Å². The van der Waals surface area contributed by atoms with Crippen LogP contribution in [0, 0.1) is 23.3 Å². The Morgan fingerprint density at radius 3 is 2.22 bits per heavy atom. The maximum absolute atomic E-state index is 13.9. The molecule has 0 unspecified atom stereocenters. The minimum Gasteiger partial charge on any atom is -0.384 e. The van der Waals surface area contributed by atoms with Crippen molar-refractivity contribution >= 4 is 17.6 Å². The van der Waals surface area contributed by atoms with Crippen molar-refractivity contribution in [3.63, 3.8) is 0 Å². The van der Waals surface area contributed by atoms with E-state index in [9.17, 15) is 31.9 Å². The van der Waals surface area contributed by atoms with E-state index in [2.05, 4.69) is 0 Å². The van der Waals surface area contributed by atoms with Gasteiger partial charge in [-0.3, -0.25) is 24.3 Å². The SMILES string of the molecule is Nc1c2c(cc(=O)n1-c1c(F)cc(F)c(F)c1F)C(=O)NC2=O. The van der Waals surface area contributed by atoms with Gasteiger partial charge in [-0.05, 0) is 0 Å². The van der Waals surface area contributed by atoms with Gasteiger partial charge in [-0.25, -0.2) is 17.6 Å². The monoisotopic (exact) mass is 327 g/mol. The Morgan fingerprint density at radius 1 is 0.913 bits per heavy atom. The number of anilines is 1. The first-order chi connectivity index (χ1) is 10.7. The Kier molecular flexibility index (Phi) is 2.99. The Hall–Kier alpha value is -3.17. The highest BCUT2D eigenvalue weighted by molar-refractivity contribution is 6.23. The third kappa shape index (κ3) is 1.91. The number of carbonyl (C=O) groups excluding carboxylic acids is 2. The molecule has 0 saturated heterocycles. The van der Waals surface area contributed by atoms with E-state index in [0.717, 1.165) is 0 Å². The highest BCUT2D eigenvalue weighted by atomic mass is 19.2. The largest absolute Gasteiger partial charge is 0.384 e. The van der Waals surface area contributed by atoms with E-state index < -0.39 is 57.7 Å². The number of aromatic nitrogens is 1. The van der Waals surface area contributed by atoms with E-state index in [0.29, 0.717) is 6.07 Å². The van der Waals surface area contributed by atoms with Gasteiger partial charge >= 0.3 is 0 Å². The van der Waals surface area contributed by atoms with Gasteiger partial charge in [-0.15, -0.1) is 0 Å². The summed E-state index contributed by atoms with van der Waals surface area (Å²) in [5.74, 6) is -10.1. The lowest BCUT2D eigenvalue weighted by atomic mass is 10.1. The van der Waals surface area contributed by atoms with Gasteiger partial charge in [0, 0.05) is 12.1 Å². The number of halogens is 4. The van der Waals surface area contributed by atoms with Crippen LogP contribution in [0.2, 0.25) is 0 Å². The van der Waals surface area contributed by atoms with E-state index >= 15 is 0 Å². The highest BCUT2D eigenvalue weighted by Gasteiger charge is 2.33. The predicted octanol–water partition coefficient (Wildman–Crippen LogP) is 0.860. The standard InChI is InChI=1S/C13H5F4N3O3/c14-4-2-5(15)10(9(17)8(4)16)20-6(21)1-3-7(11(20)18)13(23)19-12(3)22/h1-2H,18H2,(H,19,22,23). The molecule has 1 aliphatic heterocycles. The van der Waals surface area contributed by atoms with Gasteiger partial charge in [0.15, 0.2) is 23.3 Å². The topological polar surface area (TPSA) is 94.2 Å². The Bertz CT molecular complexity index is 968. The first-order valence-electron chi connectivity index (χ1n) is 5.98. The van der Waals surface area contributed by atoms with Gasteiger partial charge in [0.05, 0.1) is 11.1 Å². The molecule has 0 radical (unpaired) electrons. The second kappa shape index (κ2) is 4.66. The molecule has 2 amide bonds. The van der Waals surface area contributed by atoms with Crippen molar-refractivity contribution in [1.82, 2.24) is 9.88 Å². The number of nitrogen functional groups attached to an aromatic ring is 1. The number of imide groups is 1. The number of benzene rings is 1. The Morgan fingerprint density at radius 2 is 1.57 bits per heavy atom. The quantitative estimate of drug-likeness (QED) is 0.352. The van der Waals surface area contributed by atoms with Crippen LogP contribution in [0.3, 0.4) is 0 Å². The summed E-state index contributed by atoms with van der Waals surface area (Å²) in [5.41, 5.74) is 2.19. The zero-order valence-electron chi connectivity index (χ0n) is 10.9. The van der Waals surface area contributed by atoms with Gasteiger partial charge in [-0.2, -0.15) is 0 Å². The lowest BCUT2D eigenvalue weighted by Gasteiger charge is -2.13. The molecule has 118 valence electrons. The maximum Gasteiger partial charge on any atom is 0.262 e. The lowest BCUT2D eigenvalue weighted by Crippen LogP contribution is -2.26. The molecule has 2 heterocycles. The average molecular weight is 327 g/mol. The van der Waals surface area contributed by atoms with Gasteiger partial charge in [0.25, 0.3) is 17.4 Å². The molecular formula is C13H5F4N3O3. The van der Waals surface area contributed by atoms with Crippen molar-refractivity contribution in [3.8, 4) is 5.69 Å². The van der Waals surface area contributed by atoms with Crippen LogP contribution < -0.4 is 16.6 Å². The fraction of sp³-hybridized carbons (Fsp3) is 0. The van der Waals surface area contributed by atoms with E-state index in [1.165, 1.54) is 0 Å². The minimum atomic E-state index is -2.02. The molecule has 23 heavy (non-hydrogen) atoms. The van der Waals surface area contributed by atoms with Crippen molar-refractivity contribution in [3.05, 3.63) is 56.9 Å². The van der Waals surface area contributed by atoms with E-state index in [1.807, 2.05) is 5.32 Å². The van der Waals surface area contributed by atoms with Crippen LogP contribution in [0.1, 0.15) is 20.7 Å². The van der Waals surface area contributed by atoms with Gasteiger partial charge in [0.1, 0.15) is 11.5 Å². The number of hydrogen-bond acceptors (Lipinski definition) is 4. The zero-order valence-corrected chi connectivity index (χ0v) is 10.9. The molecule has 1 aromatic carbocycles. The summed E-state index contributed by atoms with van der Waals surface area (Å²) in [7, 11) is 0. The molecule has 0 saturated carbocycles. The summed E-state index contributed by atoms with van der Waals surface area (Å²) in [6.07, 6.45) is 0. The third-order valence-corrected chi connectivity index (χ3v) is 3.27. The van der Waals surface area contributed by atoms with E-state index in [1.54, 1.807) is 0 Å². The van der Waals surface area contributed by atoms with Crippen molar-refractivity contribution < 1.29 is 27.2 Å². The van der Waals surface area contributed by atoms with Crippen LogP contribution in [0.15, 0.2) is 16.9 Å². The molecule has 0 bridgehead atoms. The summed E-state index contributed by atoms with van der Waals surface area (Å²) < 4.78 is 54.2. The molecule has 1 aromatic heterocycles. The van der Waals surface area contributed by atoms with Gasteiger partial charge < -0.3 is 5.73 Å². The van der Waals surface area contributed by atoms with Crippen LogP contribution in [-0.4, -0.2) is 16.4 Å². The van der Waals surface area contributed by atoms with Crippen LogP contribution in [0.25, 0.3) is 5.69 Å². The zero-order chi connectivity index (χ0) is 17.0. The molecule has 10 heteroatoms. The van der Waals surface area contributed by atoms with Crippen LogP contribution in [0.5, 0.6) is 0 Å². The van der Waals surface area contributed by atoms with Crippen molar-refractivity contribution in [2.24, 2.45) is 0 Å². The average Bonchev–Trinajstić information content (AvgIpc) is 2.74. The summed E-state index contributed by atoms with van der Waals surface area (Å²) in [6.45, 7) is 0. The fourth-order valence-electron chi connectivity index (χ4n) is 2.27. The number of fused-ring (bicyclic) bond motifs is 1. The number of carbonyl (C=O) groups is 2. The molecule has 6 nitrogen and oxygen atoms in total. The second-order valence-electron chi connectivity index (χ2n) is 4.59. The number of nitrogens with one attached hydrogen (secondary N) is 1. The van der Waals surface area contributed by atoms with E-state index in [-0.39, 0.29) is 16.2 Å². The molecule has 0 fully saturated rings. The highest BCUT2D eigenvalue weighted by Crippen LogP contribution is 2.27. The molecule has 0 atom stereocenters. The normalized spacial score (nSPS) is 13.2. The maximum atomic E-state index is 13.9. The van der Waals surface area contributed by atoms with Crippen LogP contribution in [-0.2, 0) is 0 Å². The number of amides is 2. The third-order valence-electron chi connectivity index (χ3n) is 3.27. The summed E-state index contributed by atoms with van der Waals surface area (Å²) >= 11 is 0. The number of rotatable bonds is 1. The second-order valence-corrected chi connectivity index (χ2v) is 4.59. The van der Waals surface area contributed by atoms with Gasteiger partial charge in [0.2, 0.25) is 0 Å². The fourth-order valence-corrected chi connectivity index (χ4v) is 2.27. The number of nitrogens with two attached hydrogens (primary N) is 1. The molecular weight excluding hydrogens is 322 g/mol. The molecule has 0 aliphatic carbocycles. The molecule has 0 spiro atoms. The number of nitrogens with zero attached hydrogens (tertiary/aromatic N) is 1. The molecule has 3 N–H and O–H groups in total. The predicted molar refractivity (Wildman–Crippen MR) is 68.1 cm³/mol. The first kappa shape index (κ1) is 14.8. The lowest BCUT2D eigenvalue weighted by molar-refractivity contribution is 0.0880. The summed E-state index contributed by atoms with van der Waals surface area (Å²) in [4.78, 5) is 35.1. The Labute approximate surface area is 124 Å². The number of pyridine rings is 1.